The van der Waals surface area contributed by atoms with Crippen LogP contribution in [0.1, 0.15) is 47.4 Å². The van der Waals surface area contributed by atoms with Crippen molar-refractivity contribution in [2.24, 2.45) is 5.92 Å². The average molecular weight is 603 g/mol. The number of ether oxygens (including phenoxy) is 2. The fourth-order valence-electron chi connectivity index (χ4n) is 5.52. The van der Waals surface area contributed by atoms with E-state index in [1.165, 1.54) is 18.2 Å². The molecule has 8 heteroatoms. The molecule has 6 nitrogen and oxygen atoms in total. The number of aromatic nitrogens is 1. The van der Waals surface area contributed by atoms with Crippen molar-refractivity contribution < 1.29 is 19.1 Å². The highest BCUT2D eigenvalue weighted by atomic mass is 35.5. The van der Waals surface area contributed by atoms with Crippen LogP contribution in [-0.2, 0) is 33.8 Å². The summed E-state index contributed by atoms with van der Waals surface area (Å²) in [6, 6.07) is 24.2. The molecule has 4 aromatic rings. The van der Waals surface area contributed by atoms with Crippen molar-refractivity contribution in [2.75, 3.05) is 24.8 Å². The standard InChI is InChI=1S/C34H35ClN2O4S/c1-22(38)37(2)32-8-5-4-7-25(32)18-26-17-24-12-15-29(20-30(24)34(26)42-16-6-9-33(39)40-3)41-21-28-14-11-23-10-13-27(35)19-31(23)36-28/h4-5,7-8,10-15,19-20,26,34H,6,9,16-18,21H2,1-3H3. The molecule has 1 aliphatic rings. The molecule has 1 heterocycles. The zero-order valence-corrected chi connectivity index (χ0v) is 25.7. The minimum Gasteiger partial charge on any atom is -0.487 e. The second-order valence-corrected chi connectivity index (χ2v) is 12.3. The van der Waals surface area contributed by atoms with Gasteiger partial charge in [-0.05, 0) is 84.0 Å². The van der Waals surface area contributed by atoms with Gasteiger partial charge in [-0.15, -0.1) is 0 Å². The Morgan fingerprint density at radius 1 is 1.07 bits per heavy atom. The van der Waals surface area contributed by atoms with Gasteiger partial charge in [-0.1, -0.05) is 48.0 Å². The zero-order chi connectivity index (χ0) is 29.6. The minimum absolute atomic E-state index is 0.0108. The first-order valence-corrected chi connectivity index (χ1v) is 15.6. The van der Waals surface area contributed by atoms with E-state index in [-0.39, 0.29) is 17.1 Å². The third-order valence-corrected chi connectivity index (χ3v) is 9.55. The van der Waals surface area contributed by atoms with Gasteiger partial charge in [0, 0.05) is 41.7 Å². The summed E-state index contributed by atoms with van der Waals surface area (Å²) in [5.74, 6) is 1.82. The summed E-state index contributed by atoms with van der Waals surface area (Å²) in [6.07, 6.45) is 2.95. The topological polar surface area (TPSA) is 68.7 Å². The molecule has 5 rings (SSSR count). The smallest absolute Gasteiger partial charge is 0.305 e. The summed E-state index contributed by atoms with van der Waals surface area (Å²) in [7, 11) is 3.25. The third-order valence-electron chi connectivity index (χ3n) is 7.79. The Morgan fingerprint density at radius 3 is 2.69 bits per heavy atom. The third kappa shape index (κ3) is 7.08. The molecule has 42 heavy (non-hydrogen) atoms. The number of carbonyl (C=O) groups is 2. The van der Waals surface area contributed by atoms with Crippen molar-refractivity contribution in [1.82, 2.24) is 4.98 Å². The van der Waals surface area contributed by atoms with E-state index in [9.17, 15) is 9.59 Å². The van der Waals surface area contributed by atoms with Gasteiger partial charge in [0.2, 0.25) is 5.91 Å². The van der Waals surface area contributed by atoms with Crippen LogP contribution in [-0.4, -0.2) is 36.8 Å². The molecular weight excluding hydrogens is 568 g/mol. The van der Waals surface area contributed by atoms with Crippen molar-refractivity contribution >= 4 is 51.8 Å². The number of hydrogen-bond acceptors (Lipinski definition) is 6. The number of fused-ring (bicyclic) bond motifs is 2. The Labute approximate surface area is 256 Å². The van der Waals surface area contributed by atoms with Crippen LogP contribution in [0.25, 0.3) is 10.9 Å². The van der Waals surface area contributed by atoms with Crippen molar-refractivity contribution in [3.63, 3.8) is 0 Å². The molecule has 0 bridgehead atoms. The molecule has 2 atom stereocenters. The largest absolute Gasteiger partial charge is 0.487 e. The number of para-hydroxylation sites is 1. The normalized spacial score (nSPS) is 15.8. The van der Waals surface area contributed by atoms with Crippen LogP contribution in [0.15, 0.2) is 72.8 Å². The average Bonchev–Trinajstić information content (AvgIpc) is 3.33. The minimum atomic E-state index is -0.180. The van der Waals surface area contributed by atoms with Crippen LogP contribution in [0.5, 0.6) is 5.75 Å². The summed E-state index contributed by atoms with van der Waals surface area (Å²) >= 11 is 8.05. The van der Waals surface area contributed by atoms with Crippen LogP contribution < -0.4 is 9.64 Å². The Bertz CT molecular complexity index is 1590. The number of anilines is 1. The number of benzene rings is 3. The van der Waals surface area contributed by atoms with Gasteiger partial charge < -0.3 is 14.4 Å². The summed E-state index contributed by atoms with van der Waals surface area (Å²) in [6.45, 7) is 1.94. The molecule has 1 aromatic heterocycles. The summed E-state index contributed by atoms with van der Waals surface area (Å²) < 4.78 is 11.1. The molecule has 0 saturated heterocycles. The van der Waals surface area contributed by atoms with Gasteiger partial charge >= 0.3 is 5.97 Å². The van der Waals surface area contributed by atoms with Crippen LogP contribution in [0.4, 0.5) is 5.69 Å². The maximum atomic E-state index is 12.2. The Kier molecular flexibility index (Phi) is 9.70. The second-order valence-electron chi connectivity index (χ2n) is 10.6. The lowest BCUT2D eigenvalue weighted by Crippen LogP contribution is -2.24. The molecule has 0 fully saturated rings. The Morgan fingerprint density at radius 2 is 1.88 bits per heavy atom. The second kappa shape index (κ2) is 13.6. The summed E-state index contributed by atoms with van der Waals surface area (Å²) in [4.78, 5) is 30.3. The van der Waals surface area contributed by atoms with E-state index in [4.69, 9.17) is 26.1 Å². The van der Waals surface area contributed by atoms with E-state index >= 15 is 0 Å². The maximum absolute atomic E-state index is 12.2. The number of pyridine rings is 1. The number of halogens is 1. The van der Waals surface area contributed by atoms with Crippen LogP contribution in [0.3, 0.4) is 0 Å². The molecule has 0 saturated carbocycles. The number of esters is 1. The molecule has 0 spiro atoms. The highest BCUT2D eigenvalue weighted by molar-refractivity contribution is 7.99. The number of amides is 1. The van der Waals surface area contributed by atoms with Gasteiger partial charge in [-0.3, -0.25) is 9.59 Å². The van der Waals surface area contributed by atoms with Crippen LogP contribution in [0, 0.1) is 5.92 Å². The van der Waals surface area contributed by atoms with Gasteiger partial charge in [0.15, 0.2) is 0 Å². The molecule has 1 amide bonds. The molecule has 0 radical (unpaired) electrons. The van der Waals surface area contributed by atoms with Gasteiger partial charge in [0.1, 0.15) is 12.4 Å². The van der Waals surface area contributed by atoms with E-state index in [2.05, 4.69) is 18.2 Å². The molecule has 2 unspecified atom stereocenters. The lowest BCUT2D eigenvalue weighted by Gasteiger charge is -2.24. The number of hydrogen-bond donors (Lipinski definition) is 0. The number of rotatable bonds is 11. The van der Waals surface area contributed by atoms with Gasteiger partial charge in [0.25, 0.3) is 0 Å². The molecule has 218 valence electrons. The van der Waals surface area contributed by atoms with Crippen LogP contribution in [0.2, 0.25) is 5.02 Å². The van der Waals surface area contributed by atoms with E-state index in [1.54, 1.807) is 11.8 Å². The predicted octanol–water partition coefficient (Wildman–Crippen LogP) is 7.59. The molecular formula is C34H35ClN2O4S. The first-order valence-electron chi connectivity index (χ1n) is 14.1. The Hall–Kier alpha value is -3.55. The lowest BCUT2D eigenvalue weighted by atomic mass is 9.95. The molecule has 3 aromatic carbocycles. The fourth-order valence-corrected chi connectivity index (χ4v) is 7.12. The number of carbonyl (C=O) groups excluding carboxylic acids is 2. The van der Waals surface area contributed by atoms with Crippen molar-refractivity contribution in [1.29, 1.82) is 0 Å². The quantitative estimate of drug-likeness (QED) is 0.130. The Balaban J connectivity index is 1.35. The highest BCUT2D eigenvalue weighted by Crippen LogP contribution is 2.48. The molecule has 0 N–H and O–H groups in total. The van der Waals surface area contributed by atoms with E-state index in [0.29, 0.717) is 24.0 Å². The molecule has 0 aliphatic heterocycles. The van der Waals surface area contributed by atoms with E-state index in [1.807, 2.05) is 73.4 Å². The van der Waals surface area contributed by atoms with Gasteiger partial charge in [0.05, 0.1) is 18.3 Å². The first kappa shape index (κ1) is 29.9. The van der Waals surface area contributed by atoms with Gasteiger partial charge in [-0.25, -0.2) is 4.98 Å². The monoisotopic (exact) mass is 602 g/mol. The SMILES string of the molecule is COC(=O)CCCSC1c2cc(OCc3ccc4ccc(Cl)cc4n3)ccc2CC1Cc1ccccc1N(C)C(C)=O. The van der Waals surface area contributed by atoms with Crippen molar-refractivity contribution in [2.45, 2.75) is 44.5 Å². The van der Waals surface area contributed by atoms with Gasteiger partial charge in [-0.2, -0.15) is 11.8 Å². The summed E-state index contributed by atoms with van der Waals surface area (Å²) in [5, 5.41) is 1.93. The van der Waals surface area contributed by atoms with Crippen molar-refractivity contribution in [3.8, 4) is 5.75 Å². The van der Waals surface area contributed by atoms with Crippen LogP contribution >= 0.6 is 23.4 Å². The van der Waals surface area contributed by atoms with E-state index in [0.717, 1.165) is 58.6 Å². The summed E-state index contributed by atoms with van der Waals surface area (Å²) in [5.41, 5.74) is 6.38. The highest BCUT2D eigenvalue weighted by Gasteiger charge is 2.34. The molecule has 1 aliphatic carbocycles. The number of methoxy groups -OCH3 is 1. The van der Waals surface area contributed by atoms with Crippen molar-refractivity contribution in [3.05, 3.63) is 100 Å². The zero-order valence-electron chi connectivity index (χ0n) is 24.1. The lowest BCUT2D eigenvalue weighted by molar-refractivity contribution is -0.140. The first-order chi connectivity index (χ1) is 20.3. The number of thioether (sulfide) groups is 1. The maximum Gasteiger partial charge on any atom is 0.305 e. The number of nitrogens with zero attached hydrogens (tertiary/aromatic N) is 2. The predicted molar refractivity (Wildman–Crippen MR) is 170 cm³/mol. The van der Waals surface area contributed by atoms with E-state index < -0.39 is 0 Å². The fraction of sp³-hybridized carbons (Fsp3) is 0.324.